The molecule has 35 heavy (non-hydrogen) atoms. The van der Waals surface area contributed by atoms with Crippen molar-refractivity contribution in [3.63, 3.8) is 0 Å². The van der Waals surface area contributed by atoms with E-state index >= 15 is 0 Å². The fourth-order valence-electron chi connectivity index (χ4n) is 3.97. The van der Waals surface area contributed by atoms with Gasteiger partial charge in [-0.25, -0.2) is 0 Å². The van der Waals surface area contributed by atoms with Crippen LogP contribution < -0.4 is 9.47 Å². The van der Waals surface area contributed by atoms with E-state index in [4.69, 9.17) is 9.47 Å². The quantitative estimate of drug-likeness (QED) is 0.129. The van der Waals surface area contributed by atoms with Gasteiger partial charge < -0.3 is 9.47 Å². The number of carbonyl (C=O) groups is 2. The molecule has 2 aromatic rings. The minimum absolute atomic E-state index is 0.166. The molecule has 0 amide bonds. The Morgan fingerprint density at radius 2 is 1.06 bits per heavy atom. The molecular formula is C31H44O4. The van der Waals surface area contributed by atoms with Crippen molar-refractivity contribution in [3.8, 4) is 22.6 Å². The van der Waals surface area contributed by atoms with Gasteiger partial charge in [0.05, 0.1) is 0 Å². The molecule has 0 radical (unpaired) electrons. The molecule has 0 heterocycles. The summed E-state index contributed by atoms with van der Waals surface area (Å²) in [5, 5.41) is 0. The standard InChI is InChI=1S/C31H44O4/c1-4-6-7-8-9-10-11-12-13-14-15-30(32)34-28-20-16-26(17-21-28)27-18-22-29(23-19-27)35-31(33)24-25(3)5-2/h16-23,25H,4-15,24H2,1-3H3. The van der Waals surface area contributed by atoms with Crippen molar-refractivity contribution in [1.82, 2.24) is 0 Å². The number of benzene rings is 2. The number of hydrogen-bond acceptors (Lipinski definition) is 4. The molecule has 0 aliphatic carbocycles. The van der Waals surface area contributed by atoms with Gasteiger partial charge >= 0.3 is 11.9 Å². The molecule has 192 valence electrons. The highest BCUT2D eigenvalue weighted by Crippen LogP contribution is 2.25. The van der Waals surface area contributed by atoms with E-state index < -0.39 is 0 Å². The smallest absolute Gasteiger partial charge is 0.311 e. The van der Waals surface area contributed by atoms with E-state index in [1.807, 2.05) is 55.5 Å². The average Bonchev–Trinajstić information content (AvgIpc) is 2.86. The minimum Gasteiger partial charge on any atom is -0.427 e. The molecule has 0 fully saturated rings. The van der Waals surface area contributed by atoms with Gasteiger partial charge in [-0.3, -0.25) is 9.59 Å². The van der Waals surface area contributed by atoms with Crippen molar-refractivity contribution in [2.75, 3.05) is 0 Å². The van der Waals surface area contributed by atoms with Crippen LogP contribution in [0.2, 0.25) is 0 Å². The van der Waals surface area contributed by atoms with Gasteiger partial charge in [0.25, 0.3) is 0 Å². The first-order valence-corrected chi connectivity index (χ1v) is 13.6. The van der Waals surface area contributed by atoms with Crippen LogP contribution in [0.4, 0.5) is 0 Å². The molecule has 4 heteroatoms. The van der Waals surface area contributed by atoms with E-state index in [-0.39, 0.29) is 11.9 Å². The molecule has 0 saturated carbocycles. The van der Waals surface area contributed by atoms with Gasteiger partial charge in [-0.2, -0.15) is 0 Å². The van der Waals surface area contributed by atoms with E-state index in [2.05, 4.69) is 13.8 Å². The summed E-state index contributed by atoms with van der Waals surface area (Å²) in [5.41, 5.74) is 2.02. The molecule has 1 unspecified atom stereocenters. The zero-order chi connectivity index (χ0) is 25.3. The van der Waals surface area contributed by atoms with E-state index in [0.29, 0.717) is 30.3 Å². The third-order valence-electron chi connectivity index (χ3n) is 6.45. The number of rotatable bonds is 17. The molecule has 0 aliphatic heterocycles. The predicted octanol–water partition coefficient (Wildman–Crippen LogP) is 8.91. The second-order valence-corrected chi connectivity index (χ2v) is 9.65. The first-order chi connectivity index (χ1) is 17.0. The third-order valence-corrected chi connectivity index (χ3v) is 6.45. The molecule has 0 aliphatic rings. The Morgan fingerprint density at radius 3 is 1.51 bits per heavy atom. The minimum atomic E-state index is -0.198. The molecule has 0 bridgehead atoms. The lowest BCUT2D eigenvalue weighted by atomic mass is 10.1. The molecule has 0 N–H and O–H groups in total. The highest BCUT2D eigenvalue weighted by atomic mass is 16.5. The highest BCUT2D eigenvalue weighted by Gasteiger charge is 2.10. The van der Waals surface area contributed by atoms with Gasteiger partial charge in [0.2, 0.25) is 0 Å². The van der Waals surface area contributed by atoms with Crippen LogP contribution in [0, 0.1) is 5.92 Å². The monoisotopic (exact) mass is 480 g/mol. The molecule has 2 aromatic carbocycles. The summed E-state index contributed by atoms with van der Waals surface area (Å²) < 4.78 is 10.9. The van der Waals surface area contributed by atoms with Crippen LogP contribution in [0.3, 0.4) is 0 Å². The van der Waals surface area contributed by atoms with E-state index in [9.17, 15) is 9.59 Å². The Bertz CT molecular complexity index is 855. The maximum absolute atomic E-state index is 12.2. The lowest BCUT2D eigenvalue weighted by molar-refractivity contribution is -0.136. The van der Waals surface area contributed by atoms with Crippen LogP contribution in [0.25, 0.3) is 11.1 Å². The number of unbranched alkanes of at least 4 members (excludes halogenated alkanes) is 9. The van der Waals surface area contributed by atoms with Gasteiger partial charge in [0.15, 0.2) is 0 Å². The fourth-order valence-corrected chi connectivity index (χ4v) is 3.97. The zero-order valence-electron chi connectivity index (χ0n) is 22.0. The molecule has 0 spiro atoms. The predicted molar refractivity (Wildman–Crippen MR) is 144 cm³/mol. The first kappa shape index (κ1) is 28.6. The van der Waals surface area contributed by atoms with Gasteiger partial charge in [0.1, 0.15) is 11.5 Å². The van der Waals surface area contributed by atoms with Crippen LogP contribution in [0.1, 0.15) is 104 Å². The normalized spacial score (nSPS) is 11.7. The Morgan fingerprint density at radius 1 is 0.629 bits per heavy atom. The van der Waals surface area contributed by atoms with Crippen LogP contribution in [0.15, 0.2) is 48.5 Å². The molecular weight excluding hydrogens is 436 g/mol. The molecule has 2 rings (SSSR count). The fraction of sp³-hybridized carbons (Fsp3) is 0.548. The third kappa shape index (κ3) is 12.1. The van der Waals surface area contributed by atoms with Gasteiger partial charge in [-0.1, -0.05) is 109 Å². The lowest BCUT2D eigenvalue weighted by Crippen LogP contribution is -2.11. The summed E-state index contributed by atoms with van der Waals surface area (Å²) >= 11 is 0. The van der Waals surface area contributed by atoms with Crippen molar-refractivity contribution in [2.24, 2.45) is 5.92 Å². The van der Waals surface area contributed by atoms with E-state index in [0.717, 1.165) is 30.4 Å². The Kier molecular flexibility index (Phi) is 13.8. The summed E-state index contributed by atoms with van der Waals surface area (Å²) in [4.78, 5) is 24.1. The van der Waals surface area contributed by atoms with Crippen LogP contribution >= 0.6 is 0 Å². The van der Waals surface area contributed by atoms with Crippen LogP contribution in [0.5, 0.6) is 11.5 Å². The van der Waals surface area contributed by atoms with E-state index in [1.165, 1.54) is 51.4 Å². The van der Waals surface area contributed by atoms with Gasteiger partial charge in [-0.05, 0) is 47.7 Å². The van der Waals surface area contributed by atoms with Crippen LogP contribution in [-0.2, 0) is 9.59 Å². The van der Waals surface area contributed by atoms with Crippen LogP contribution in [-0.4, -0.2) is 11.9 Å². The van der Waals surface area contributed by atoms with Gasteiger partial charge in [-0.15, -0.1) is 0 Å². The van der Waals surface area contributed by atoms with Crippen molar-refractivity contribution in [2.45, 2.75) is 104 Å². The maximum Gasteiger partial charge on any atom is 0.311 e. The largest absolute Gasteiger partial charge is 0.427 e. The highest BCUT2D eigenvalue weighted by molar-refractivity contribution is 5.74. The molecule has 1 atom stereocenters. The summed E-state index contributed by atoms with van der Waals surface area (Å²) in [6.07, 6.45) is 14.3. The Balaban J connectivity index is 1.67. The molecule has 4 nitrogen and oxygen atoms in total. The summed E-state index contributed by atoms with van der Waals surface area (Å²) in [6.45, 7) is 6.36. The van der Waals surface area contributed by atoms with Crippen molar-refractivity contribution in [1.29, 1.82) is 0 Å². The molecule has 0 aromatic heterocycles. The average molecular weight is 481 g/mol. The number of esters is 2. The summed E-state index contributed by atoms with van der Waals surface area (Å²) in [6, 6.07) is 15.0. The second kappa shape index (κ2) is 16.9. The topological polar surface area (TPSA) is 52.6 Å². The zero-order valence-corrected chi connectivity index (χ0v) is 22.0. The number of hydrogen-bond donors (Lipinski definition) is 0. The van der Waals surface area contributed by atoms with Crippen molar-refractivity contribution in [3.05, 3.63) is 48.5 Å². The van der Waals surface area contributed by atoms with E-state index in [1.54, 1.807) is 0 Å². The SMILES string of the molecule is CCCCCCCCCCCCC(=O)Oc1ccc(-c2ccc(OC(=O)CC(C)CC)cc2)cc1. The van der Waals surface area contributed by atoms with Crippen molar-refractivity contribution >= 4 is 11.9 Å². The molecule has 0 saturated heterocycles. The van der Waals surface area contributed by atoms with Crippen molar-refractivity contribution < 1.29 is 19.1 Å². The summed E-state index contributed by atoms with van der Waals surface area (Å²) in [5.74, 6) is 1.09. The maximum atomic E-state index is 12.2. The first-order valence-electron chi connectivity index (χ1n) is 13.6. The number of carbonyl (C=O) groups excluding carboxylic acids is 2. The Hall–Kier alpha value is -2.62. The lowest BCUT2D eigenvalue weighted by Gasteiger charge is -2.09. The van der Waals surface area contributed by atoms with Gasteiger partial charge in [0, 0.05) is 12.8 Å². The number of ether oxygens (including phenoxy) is 2. The summed E-state index contributed by atoms with van der Waals surface area (Å²) in [7, 11) is 0. The second-order valence-electron chi connectivity index (χ2n) is 9.65. The Labute approximate surface area is 212 Å².